The first-order valence-electron chi connectivity index (χ1n) is 6.59. The van der Waals surface area contributed by atoms with E-state index in [1.165, 1.54) is 32.1 Å². The predicted octanol–water partition coefficient (Wildman–Crippen LogP) is 2.76. The smallest absolute Gasteiger partial charge is 0.267 e. The second kappa shape index (κ2) is 12.4. The van der Waals surface area contributed by atoms with Crippen molar-refractivity contribution in [2.24, 2.45) is 0 Å². The molecule has 0 aromatic carbocycles. The van der Waals surface area contributed by atoms with Crippen LogP contribution in [0.5, 0.6) is 0 Å². The van der Waals surface area contributed by atoms with Gasteiger partial charge in [0.15, 0.2) is 0 Å². The molecule has 0 spiro atoms. The van der Waals surface area contributed by atoms with Crippen molar-refractivity contribution in [3.63, 3.8) is 0 Å². The summed E-state index contributed by atoms with van der Waals surface area (Å²) >= 11 is 0. The first-order valence-corrected chi connectivity index (χ1v) is 8.20. The molecule has 1 atom stereocenters. The van der Waals surface area contributed by atoms with Crippen LogP contribution < -0.4 is 0 Å². The summed E-state index contributed by atoms with van der Waals surface area (Å²) < 4.78 is 29.5. The van der Waals surface area contributed by atoms with Crippen molar-refractivity contribution in [1.29, 1.82) is 0 Å². The SMILES string of the molecule is CCCCCCCCCCC(O)CS(=O)(=O)O.[Co]. The van der Waals surface area contributed by atoms with E-state index in [0.29, 0.717) is 6.42 Å². The minimum Gasteiger partial charge on any atom is -0.392 e. The molecule has 0 rings (SSSR count). The third-order valence-corrected chi connectivity index (χ3v) is 3.60. The molecule has 0 aliphatic carbocycles. The van der Waals surface area contributed by atoms with Gasteiger partial charge in [-0.1, -0.05) is 58.3 Å². The van der Waals surface area contributed by atoms with Crippen LogP contribution in [0.4, 0.5) is 0 Å². The molecule has 0 aromatic heterocycles. The second-order valence-corrected chi connectivity index (χ2v) is 6.16. The van der Waals surface area contributed by atoms with Gasteiger partial charge in [0.05, 0.1) is 6.10 Å². The zero-order chi connectivity index (χ0) is 13.1. The molecule has 2 N–H and O–H groups in total. The molecule has 18 heavy (non-hydrogen) atoms. The van der Waals surface area contributed by atoms with E-state index in [0.717, 1.165) is 19.3 Å². The Labute approximate surface area is 121 Å². The van der Waals surface area contributed by atoms with Crippen LogP contribution in [0.1, 0.15) is 64.7 Å². The zero-order valence-corrected chi connectivity index (χ0v) is 13.0. The molecule has 0 fully saturated rings. The van der Waals surface area contributed by atoms with Gasteiger partial charge in [0, 0.05) is 16.8 Å². The van der Waals surface area contributed by atoms with Crippen LogP contribution in [-0.4, -0.2) is 29.9 Å². The number of aliphatic hydroxyl groups is 1. The average molecular weight is 325 g/mol. The van der Waals surface area contributed by atoms with Gasteiger partial charge < -0.3 is 5.11 Å². The van der Waals surface area contributed by atoms with Crippen molar-refractivity contribution >= 4 is 10.1 Å². The van der Waals surface area contributed by atoms with E-state index >= 15 is 0 Å². The Morgan fingerprint density at radius 2 is 1.39 bits per heavy atom. The Morgan fingerprint density at radius 3 is 1.83 bits per heavy atom. The molecule has 6 heteroatoms. The fourth-order valence-electron chi connectivity index (χ4n) is 1.84. The molecule has 0 aliphatic heterocycles. The van der Waals surface area contributed by atoms with Gasteiger partial charge in [-0.15, -0.1) is 0 Å². The van der Waals surface area contributed by atoms with Crippen LogP contribution in [0.25, 0.3) is 0 Å². The summed E-state index contributed by atoms with van der Waals surface area (Å²) in [5, 5.41) is 9.32. The molecule has 0 amide bonds. The standard InChI is InChI=1S/C12H26O4S.Co/c1-2-3-4-5-6-7-8-9-10-12(13)11-17(14,15)16;/h12-13H,2-11H2,1H3,(H,14,15,16);. The summed E-state index contributed by atoms with van der Waals surface area (Å²) in [6.07, 6.45) is 8.84. The van der Waals surface area contributed by atoms with Crippen molar-refractivity contribution in [1.82, 2.24) is 0 Å². The monoisotopic (exact) mass is 325 g/mol. The van der Waals surface area contributed by atoms with Crippen molar-refractivity contribution in [3.8, 4) is 0 Å². The van der Waals surface area contributed by atoms with E-state index in [-0.39, 0.29) is 16.8 Å². The Morgan fingerprint density at radius 1 is 0.944 bits per heavy atom. The molecule has 1 radical (unpaired) electrons. The number of hydrogen-bond donors (Lipinski definition) is 2. The van der Waals surface area contributed by atoms with Gasteiger partial charge in [0.2, 0.25) is 0 Å². The number of aliphatic hydroxyl groups excluding tert-OH is 1. The Balaban J connectivity index is 0. The fraction of sp³-hybridized carbons (Fsp3) is 1.00. The maximum atomic E-state index is 10.5. The number of rotatable bonds is 11. The second-order valence-electron chi connectivity index (χ2n) is 4.67. The number of unbranched alkanes of at least 4 members (excludes halogenated alkanes) is 7. The summed E-state index contributed by atoms with van der Waals surface area (Å²) in [5.41, 5.74) is 0. The zero-order valence-electron chi connectivity index (χ0n) is 11.1. The molecule has 0 heterocycles. The Hall–Kier alpha value is 0.376. The molecular weight excluding hydrogens is 299 g/mol. The first kappa shape index (κ1) is 20.7. The molecule has 4 nitrogen and oxygen atoms in total. The summed E-state index contributed by atoms with van der Waals surface area (Å²) in [5.74, 6) is -0.538. The molecule has 1 unspecified atom stereocenters. The minimum atomic E-state index is -4.03. The van der Waals surface area contributed by atoms with Crippen LogP contribution >= 0.6 is 0 Å². The molecule has 0 saturated carbocycles. The van der Waals surface area contributed by atoms with Gasteiger partial charge in [0.25, 0.3) is 10.1 Å². The van der Waals surface area contributed by atoms with Crippen LogP contribution in [0.15, 0.2) is 0 Å². The summed E-state index contributed by atoms with van der Waals surface area (Å²) in [6, 6.07) is 0. The largest absolute Gasteiger partial charge is 0.392 e. The van der Waals surface area contributed by atoms with Crippen molar-refractivity contribution in [2.75, 3.05) is 5.75 Å². The summed E-state index contributed by atoms with van der Waals surface area (Å²) in [6.45, 7) is 2.19. The maximum Gasteiger partial charge on any atom is 0.267 e. The van der Waals surface area contributed by atoms with E-state index in [1.807, 2.05) is 0 Å². The number of hydrogen-bond acceptors (Lipinski definition) is 3. The van der Waals surface area contributed by atoms with Crippen LogP contribution in [-0.2, 0) is 26.9 Å². The van der Waals surface area contributed by atoms with Gasteiger partial charge >= 0.3 is 0 Å². The van der Waals surface area contributed by atoms with E-state index < -0.39 is 22.0 Å². The Bertz CT molecular complexity index is 267. The van der Waals surface area contributed by atoms with Crippen molar-refractivity contribution < 1.29 is 34.9 Å². The van der Waals surface area contributed by atoms with Crippen molar-refractivity contribution in [3.05, 3.63) is 0 Å². The van der Waals surface area contributed by atoms with Gasteiger partial charge in [-0.2, -0.15) is 8.42 Å². The van der Waals surface area contributed by atoms with Gasteiger partial charge in [-0.3, -0.25) is 4.55 Å². The fourth-order valence-corrected chi connectivity index (χ4v) is 2.49. The van der Waals surface area contributed by atoms with E-state index in [2.05, 4.69) is 6.92 Å². The van der Waals surface area contributed by atoms with Gasteiger partial charge in [-0.25, -0.2) is 0 Å². The molecule has 0 bridgehead atoms. The van der Waals surface area contributed by atoms with Crippen LogP contribution in [0.2, 0.25) is 0 Å². The molecule has 0 aromatic rings. The van der Waals surface area contributed by atoms with Crippen LogP contribution in [0.3, 0.4) is 0 Å². The Kier molecular flexibility index (Phi) is 14.3. The van der Waals surface area contributed by atoms with E-state index in [9.17, 15) is 13.5 Å². The third kappa shape index (κ3) is 16.4. The summed E-state index contributed by atoms with van der Waals surface area (Å²) in [7, 11) is -4.03. The van der Waals surface area contributed by atoms with Gasteiger partial charge in [-0.05, 0) is 6.42 Å². The van der Waals surface area contributed by atoms with Crippen LogP contribution in [0, 0.1) is 0 Å². The topological polar surface area (TPSA) is 74.6 Å². The molecule has 0 saturated heterocycles. The molecular formula is C12H26CoO4S. The maximum absolute atomic E-state index is 10.5. The molecule has 113 valence electrons. The quantitative estimate of drug-likeness (QED) is 0.452. The van der Waals surface area contributed by atoms with E-state index in [4.69, 9.17) is 4.55 Å². The van der Waals surface area contributed by atoms with Gasteiger partial charge in [0.1, 0.15) is 5.75 Å². The van der Waals surface area contributed by atoms with Crippen molar-refractivity contribution in [2.45, 2.75) is 70.8 Å². The summed E-state index contributed by atoms with van der Waals surface area (Å²) in [4.78, 5) is 0. The first-order chi connectivity index (χ1) is 7.95. The minimum absolute atomic E-state index is 0. The molecule has 0 aliphatic rings. The van der Waals surface area contributed by atoms with E-state index in [1.54, 1.807) is 0 Å². The predicted molar refractivity (Wildman–Crippen MR) is 69.6 cm³/mol. The normalized spacial score (nSPS) is 13.1. The third-order valence-electron chi connectivity index (χ3n) is 2.79. The average Bonchev–Trinajstić information content (AvgIpc) is 2.19.